The number of ether oxygens (including phenoxy) is 1. The van der Waals surface area contributed by atoms with Gasteiger partial charge in [0.25, 0.3) is 5.91 Å². The molecular formula is C21H24N2O3. The van der Waals surface area contributed by atoms with Crippen LogP contribution in [0.3, 0.4) is 0 Å². The van der Waals surface area contributed by atoms with Crippen molar-refractivity contribution in [1.29, 1.82) is 0 Å². The summed E-state index contributed by atoms with van der Waals surface area (Å²) in [4.78, 5) is 26.5. The number of rotatable bonds is 6. The number of fused-ring (bicyclic) bond motifs is 1. The summed E-state index contributed by atoms with van der Waals surface area (Å²) in [7, 11) is 0. The highest BCUT2D eigenvalue weighted by Gasteiger charge is 2.34. The van der Waals surface area contributed by atoms with Gasteiger partial charge in [-0.2, -0.15) is 0 Å². The number of carbonyl (C=O) groups is 2. The van der Waals surface area contributed by atoms with Crippen LogP contribution in [-0.4, -0.2) is 24.5 Å². The molecule has 2 amide bonds. The number of para-hydroxylation sites is 2. The van der Waals surface area contributed by atoms with Crippen LogP contribution in [0, 0.1) is 0 Å². The molecular weight excluding hydrogens is 328 g/mol. The van der Waals surface area contributed by atoms with Gasteiger partial charge in [-0.25, -0.2) is 0 Å². The summed E-state index contributed by atoms with van der Waals surface area (Å²) in [5, 5.41) is 2.89. The molecule has 2 aromatic carbocycles. The highest BCUT2D eigenvalue weighted by Crippen LogP contribution is 2.34. The number of nitrogens with one attached hydrogen (secondary N) is 1. The van der Waals surface area contributed by atoms with Crippen molar-refractivity contribution in [2.75, 3.05) is 11.4 Å². The van der Waals surface area contributed by atoms with Crippen molar-refractivity contribution in [3.05, 3.63) is 59.7 Å². The Labute approximate surface area is 154 Å². The van der Waals surface area contributed by atoms with E-state index in [2.05, 4.69) is 24.4 Å². The van der Waals surface area contributed by atoms with Gasteiger partial charge in [-0.15, -0.1) is 0 Å². The number of hydrogen-bond donors (Lipinski definition) is 1. The molecule has 1 N–H and O–H groups in total. The number of anilines is 1. The largest absolute Gasteiger partial charge is 0.478 e. The van der Waals surface area contributed by atoms with Crippen molar-refractivity contribution >= 4 is 17.5 Å². The van der Waals surface area contributed by atoms with E-state index < -0.39 is 6.10 Å². The predicted molar refractivity (Wildman–Crippen MR) is 101 cm³/mol. The van der Waals surface area contributed by atoms with Gasteiger partial charge in [0, 0.05) is 6.54 Å². The van der Waals surface area contributed by atoms with E-state index in [0.29, 0.717) is 24.4 Å². The van der Waals surface area contributed by atoms with Gasteiger partial charge >= 0.3 is 0 Å². The third-order valence-corrected chi connectivity index (χ3v) is 4.56. The number of amides is 2. The smallest absolute Gasteiger partial charge is 0.268 e. The Morgan fingerprint density at radius 3 is 2.46 bits per heavy atom. The normalized spacial score (nSPS) is 16.0. The fourth-order valence-corrected chi connectivity index (χ4v) is 2.99. The molecule has 0 radical (unpaired) electrons. The van der Waals surface area contributed by atoms with Crippen LogP contribution < -0.4 is 15.0 Å². The molecule has 1 atom stereocenters. The Hall–Kier alpha value is -2.82. The van der Waals surface area contributed by atoms with E-state index in [1.54, 1.807) is 6.07 Å². The first kappa shape index (κ1) is 18.0. The van der Waals surface area contributed by atoms with E-state index in [-0.39, 0.29) is 18.4 Å². The average Bonchev–Trinajstić information content (AvgIpc) is 2.68. The SMILES string of the molecule is CCc1ccc(CNC(=O)CN2C(=O)C(CC)Oc3ccccc32)cc1. The highest BCUT2D eigenvalue weighted by atomic mass is 16.5. The van der Waals surface area contributed by atoms with Gasteiger partial charge in [0.2, 0.25) is 5.91 Å². The molecule has 5 nitrogen and oxygen atoms in total. The minimum Gasteiger partial charge on any atom is -0.478 e. The molecule has 0 bridgehead atoms. The molecule has 1 aliphatic heterocycles. The lowest BCUT2D eigenvalue weighted by molar-refractivity contribution is -0.129. The number of hydrogen-bond acceptors (Lipinski definition) is 3. The zero-order valence-corrected chi connectivity index (χ0v) is 15.2. The minimum atomic E-state index is -0.542. The second-order valence-electron chi connectivity index (χ2n) is 6.35. The average molecular weight is 352 g/mol. The maximum absolute atomic E-state index is 12.6. The predicted octanol–water partition coefficient (Wildman–Crippen LogP) is 3.07. The molecule has 0 aromatic heterocycles. The van der Waals surface area contributed by atoms with Crippen LogP contribution in [0.4, 0.5) is 5.69 Å². The van der Waals surface area contributed by atoms with Crippen molar-refractivity contribution < 1.29 is 14.3 Å². The van der Waals surface area contributed by atoms with E-state index in [1.165, 1.54) is 10.5 Å². The molecule has 3 rings (SSSR count). The maximum atomic E-state index is 12.6. The fourth-order valence-electron chi connectivity index (χ4n) is 2.99. The standard InChI is InChI=1S/C21H24N2O3/c1-3-15-9-11-16(12-10-15)13-22-20(24)14-23-17-7-5-6-8-19(17)26-18(4-2)21(23)25/h5-12,18H,3-4,13-14H2,1-2H3,(H,22,24). The Kier molecular flexibility index (Phi) is 5.56. The Bertz CT molecular complexity index is 786. The molecule has 26 heavy (non-hydrogen) atoms. The van der Waals surface area contributed by atoms with Crippen LogP contribution in [0.25, 0.3) is 0 Å². The van der Waals surface area contributed by atoms with Gasteiger partial charge in [0.1, 0.15) is 12.3 Å². The number of aryl methyl sites for hydroxylation is 1. The zero-order valence-electron chi connectivity index (χ0n) is 15.2. The second-order valence-corrected chi connectivity index (χ2v) is 6.35. The van der Waals surface area contributed by atoms with Crippen LogP contribution in [0.15, 0.2) is 48.5 Å². The summed E-state index contributed by atoms with van der Waals surface area (Å²) in [6, 6.07) is 15.5. The summed E-state index contributed by atoms with van der Waals surface area (Å²) in [5.74, 6) is 0.278. The van der Waals surface area contributed by atoms with Gasteiger partial charge in [0.05, 0.1) is 5.69 Å². The second kappa shape index (κ2) is 8.04. The van der Waals surface area contributed by atoms with Gasteiger partial charge < -0.3 is 10.1 Å². The first-order chi connectivity index (χ1) is 12.6. The van der Waals surface area contributed by atoms with Crippen LogP contribution in [-0.2, 0) is 22.6 Å². The molecule has 1 aliphatic rings. The number of nitrogens with zero attached hydrogens (tertiary/aromatic N) is 1. The highest BCUT2D eigenvalue weighted by molar-refractivity contribution is 6.03. The summed E-state index contributed by atoms with van der Waals surface area (Å²) in [6.07, 6.45) is 1.01. The van der Waals surface area contributed by atoms with Crippen molar-refractivity contribution in [3.63, 3.8) is 0 Å². The third-order valence-electron chi connectivity index (χ3n) is 4.56. The van der Waals surface area contributed by atoms with Gasteiger partial charge in [-0.3, -0.25) is 14.5 Å². The number of benzene rings is 2. The van der Waals surface area contributed by atoms with Gasteiger partial charge in [-0.1, -0.05) is 50.2 Å². The lowest BCUT2D eigenvalue weighted by atomic mass is 10.1. The summed E-state index contributed by atoms with van der Waals surface area (Å²) >= 11 is 0. The van der Waals surface area contributed by atoms with E-state index >= 15 is 0 Å². The quantitative estimate of drug-likeness (QED) is 0.869. The Balaban J connectivity index is 1.66. The van der Waals surface area contributed by atoms with Crippen molar-refractivity contribution in [2.45, 2.75) is 39.3 Å². The van der Waals surface area contributed by atoms with Gasteiger partial charge in [0.15, 0.2) is 6.10 Å². The first-order valence-electron chi connectivity index (χ1n) is 9.04. The molecule has 0 spiro atoms. The summed E-state index contributed by atoms with van der Waals surface area (Å²) in [6.45, 7) is 4.44. The van der Waals surface area contributed by atoms with Crippen molar-refractivity contribution in [2.24, 2.45) is 0 Å². The zero-order chi connectivity index (χ0) is 18.5. The maximum Gasteiger partial charge on any atom is 0.268 e. The first-order valence-corrected chi connectivity index (χ1v) is 9.04. The molecule has 2 aromatic rings. The minimum absolute atomic E-state index is 0.0112. The summed E-state index contributed by atoms with van der Waals surface area (Å²) < 4.78 is 5.73. The van der Waals surface area contributed by atoms with Crippen LogP contribution in [0.2, 0.25) is 0 Å². The summed E-state index contributed by atoms with van der Waals surface area (Å²) in [5.41, 5.74) is 2.95. The lowest BCUT2D eigenvalue weighted by Crippen LogP contribution is -2.49. The van der Waals surface area contributed by atoms with Crippen LogP contribution in [0.5, 0.6) is 5.75 Å². The molecule has 0 aliphatic carbocycles. The number of carbonyl (C=O) groups excluding carboxylic acids is 2. The lowest BCUT2D eigenvalue weighted by Gasteiger charge is -2.33. The van der Waals surface area contributed by atoms with Crippen molar-refractivity contribution in [3.8, 4) is 5.75 Å². The van der Waals surface area contributed by atoms with Crippen molar-refractivity contribution in [1.82, 2.24) is 5.32 Å². The van der Waals surface area contributed by atoms with E-state index in [1.807, 2.05) is 37.3 Å². The van der Waals surface area contributed by atoms with Crippen LogP contribution in [0.1, 0.15) is 31.4 Å². The molecule has 136 valence electrons. The Morgan fingerprint density at radius 2 is 1.77 bits per heavy atom. The molecule has 5 heteroatoms. The third kappa shape index (κ3) is 3.87. The molecule has 0 saturated carbocycles. The Morgan fingerprint density at radius 1 is 1.08 bits per heavy atom. The van der Waals surface area contributed by atoms with E-state index in [9.17, 15) is 9.59 Å². The topological polar surface area (TPSA) is 58.6 Å². The molecule has 0 saturated heterocycles. The van der Waals surface area contributed by atoms with E-state index in [0.717, 1.165) is 12.0 Å². The molecule has 1 heterocycles. The monoisotopic (exact) mass is 352 g/mol. The fraction of sp³-hybridized carbons (Fsp3) is 0.333. The van der Waals surface area contributed by atoms with E-state index in [4.69, 9.17) is 4.74 Å². The van der Waals surface area contributed by atoms with Gasteiger partial charge in [-0.05, 0) is 36.1 Å². The molecule has 0 fully saturated rings. The molecule has 1 unspecified atom stereocenters. The van der Waals surface area contributed by atoms with Crippen LogP contribution >= 0.6 is 0 Å².